The van der Waals surface area contributed by atoms with Crippen LogP contribution in [-0.2, 0) is 57.5 Å². The van der Waals surface area contributed by atoms with E-state index >= 15 is 4.79 Å². The lowest BCUT2D eigenvalue weighted by atomic mass is 9.82. The number of nitrogens with one attached hydrogen (secondary N) is 6. The number of ketones is 1. The number of hydrogen-bond donors (Lipinski definition) is 8. The topological polar surface area (TPSA) is 313 Å². The molecule has 8 atom stereocenters. The van der Waals surface area contributed by atoms with Gasteiger partial charge in [-0.15, -0.1) is 0 Å². The maximum Gasteiger partial charge on any atom is 0.325 e. The quantitative estimate of drug-likeness (QED) is 0.0475. The number of fused-ring (bicyclic) bond motifs is 1. The maximum absolute atomic E-state index is 15.1. The fourth-order valence-electron chi connectivity index (χ4n) is 8.94. The Morgan fingerprint density at radius 2 is 1.27 bits per heavy atom. The number of carboxylic acids is 2. The van der Waals surface area contributed by atoms with Gasteiger partial charge < -0.3 is 51.8 Å². The highest BCUT2D eigenvalue weighted by Crippen LogP contribution is 2.41. The fraction of sp³-hybridized carbons (Fsp3) is 0.744. The van der Waals surface area contributed by atoms with Gasteiger partial charge in [-0.2, -0.15) is 0 Å². The molecule has 1 saturated heterocycles. The van der Waals surface area contributed by atoms with Crippen LogP contribution in [0.15, 0.2) is 0 Å². The second-order valence-corrected chi connectivity index (χ2v) is 17.4. The van der Waals surface area contributed by atoms with Crippen molar-refractivity contribution in [1.29, 1.82) is 0 Å². The van der Waals surface area contributed by atoms with Crippen molar-refractivity contribution < 1.29 is 67.7 Å². The second-order valence-electron chi connectivity index (χ2n) is 17.4. The van der Waals surface area contributed by atoms with Gasteiger partial charge >= 0.3 is 17.9 Å². The van der Waals surface area contributed by atoms with Crippen molar-refractivity contribution in [2.75, 3.05) is 13.7 Å². The molecular weight excluding hydrogens is 839 g/mol. The van der Waals surface area contributed by atoms with Crippen molar-refractivity contribution in [3.05, 3.63) is 0 Å². The van der Waals surface area contributed by atoms with Gasteiger partial charge in [0.05, 0.1) is 13.2 Å². The summed E-state index contributed by atoms with van der Waals surface area (Å²) in [6, 6.07) is -7.96. The number of amides is 7. The van der Waals surface area contributed by atoms with Crippen LogP contribution in [-0.4, -0.2) is 136 Å². The third kappa shape index (κ3) is 15.6. The fourth-order valence-corrected chi connectivity index (χ4v) is 8.94. The summed E-state index contributed by atoms with van der Waals surface area (Å²) in [5.74, 6) is -10.7. The summed E-state index contributed by atoms with van der Waals surface area (Å²) < 4.78 is 4.52. The van der Waals surface area contributed by atoms with Crippen molar-refractivity contribution in [3.8, 4) is 0 Å². The first-order valence-corrected chi connectivity index (χ1v) is 22.4. The summed E-state index contributed by atoms with van der Waals surface area (Å²) in [5.41, 5.74) is 0. The molecule has 0 spiro atoms. The first-order chi connectivity index (χ1) is 30.3. The zero-order valence-electron chi connectivity index (χ0n) is 37.5. The zero-order chi connectivity index (χ0) is 47.7. The van der Waals surface area contributed by atoms with Gasteiger partial charge in [0.25, 0.3) is 5.91 Å². The van der Waals surface area contributed by atoms with Crippen LogP contribution >= 0.6 is 0 Å². The van der Waals surface area contributed by atoms with Gasteiger partial charge in [0.2, 0.25) is 41.2 Å². The molecule has 3 rings (SSSR count). The number of carboxylic acid groups (broad SMARTS) is 2. The van der Waals surface area contributed by atoms with Gasteiger partial charge in [-0.05, 0) is 69.1 Å². The molecule has 8 N–H and O–H groups in total. The SMILES string of the molecule is CCCC(NC(=O)[C@@H]1C[C@@H]2CCCC[C@@H]2N1C(=O)[C@@H](NC(=O)[C@@H](NC(=O)[C@H](CCC(=O)O)NC(=O)[C@H](CCC(=O)O)NC(C)=O)C(C)C)C1CCCCC1)C(=O)C(=O)NCC(=O)OC. The van der Waals surface area contributed by atoms with Gasteiger partial charge in [-0.3, -0.25) is 52.7 Å². The maximum atomic E-state index is 15.1. The van der Waals surface area contributed by atoms with Gasteiger partial charge in [-0.25, -0.2) is 0 Å². The van der Waals surface area contributed by atoms with E-state index in [4.69, 9.17) is 5.11 Å². The number of carbonyl (C=O) groups excluding carboxylic acids is 9. The molecule has 2 saturated carbocycles. The molecule has 0 aromatic heterocycles. The highest BCUT2D eigenvalue weighted by Gasteiger charge is 2.51. The molecule has 0 aromatic carbocycles. The molecule has 21 nitrogen and oxygen atoms in total. The summed E-state index contributed by atoms with van der Waals surface area (Å²) in [7, 11) is 1.13. The van der Waals surface area contributed by atoms with Crippen molar-refractivity contribution in [2.45, 2.75) is 173 Å². The van der Waals surface area contributed by atoms with E-state index in [2.05, 4.69) is 36.6 Å². The van der Waals surface area contributed by atoms with Crippen LogP contribution < -0.4 is 31.9 Å². The molecule has 21 heteroatoms. The van der Waals surface area contributed by atoms with E-state index in [1.54, 1.807) is 25.7 Å². The summed E-state index contributed by atoms with van der Waals surface area (Å²) in [5, 5.41) is 33.8. The minimum absolute atomic E-state index is 0.0464. The number of hydrogen-bond acceptors (Lipinski definition) is 12. The van der Waals surface area contributed by atoms with Crippen LogP contribution in [0.1, 0.15) is 130 Å². The number of aliphatic carboxylic acids is 2. The van der Waals surface area contributed by atoms with Crippen molar-refractivity contribution in [1.82, 2.24) is 36.8 Å². The molecule has 0 aromatic rings. The number of nitrogens with zero attached hydrogens (tertiary/aromatic N) is 1. The summed E-state index contributed by atoms with van der Waals surface area (Å²) in [6.45, 7) is 5.62. The first kappa shape index (κ1) is 52.7. The van der Waals surface area contributed by atoms with E-state index in [0.717, 1.165) is 52.6 Å². The van der Waals surface area contributed by atoms with E-state index in [1.807, 2.05) is 0 Å². The molecule has 3 fully saturated rings. The molecule has 0 bridgehead atoms. The minimum atomic E-state index is -1.52. The smallest absolute Gasteiger partial charge is 0.325 e. The Morgan fingerprint density at radius 1 is 0.688 bits per heavy atom. The number of Topliss-reactive ketones (excluding diaryl/α,β-unsaturated/α-hetero) is 1. The predicted molar refractivity (Wildman–Crippen MR) is 226 cm³/mol. The highest BCUT2D eigenvalue weighted by molar-refractivity contribution is 6.38. The number of esters is 1. The number of ether oxygens (including phenoxy) is 1. The predicted octanol–water partition coefficient (Wildman–Crippen LogP) is 0.214. The number of methoxy groups -OCH3 is 1. The highest BCUT2D eigenvalue weighted by atomic mass is 16.5. The van der Waals surface area contributed by atoms with Crippen LogP contribution in [0.5, 0.6) is 0 Å². The Morgan fingerprint density at radius 3 is 1.83 bits per heavy atom. The van der Waals surface area contributed by atoms with E-state index in [1.165, 1.54) is 0 Å². The lowest BCUT2D eigenvalue weighted by Gasteiger charge is -2.39. The largest absolute Gasteiger partial charge is 0.481 e. The van der Waals surface area contributed by atoms with E-state index < -0.39 is 133 Å². The summed E-state index contributed by atoms with van der Waals surface area (Å²) in [4.78, 5) is 145. The lowest BCUT2D eigenvalue weighted by molar-refractivity contribution is -0.147. The Kier molecular flexibility index (Phi) is 21.1. The molecule has 2 aliphatic carbocycles. The molecule has 7 amide bonds. The molecule has 3 aliphatic rings. The minimum Gasteiger partial charge on any atom is -0.481 e. The second kappa shape index (κ2) is 25.6. The monoisotopic (exact) mass is 905 g/mol. The number of rotatable bonds is 24. The molecule has 0 radical (unpaired) electrons. The molecular formula is C43H67N7O14. The standard InChI is InChI=1S/C43H67N7O14/c1-6-12-27(37(57)42(62)44-22-34(56)64-5)46-40(60)31-21-26-15-10-11-16-30(26)50(31)43(63)36(25-13-8-7-9-14-25)49-41(61)35(23(2)3)48-39(59)29(18-20-33(54)55)47-38(58)28(45-24(4)51)17-19-32(52)53/h23,25-31,35-36H,6-22H2,1-5H3,(H,44,62)(H,45,51)(H,46,60)(H,47,58)(H,48,59)(H,49,61)(H,52,53)(H,54,55)/t26-,27?,28-,29-,30-,31-,35-,36-/m0/s1. The van der Waals surface area contributed by atoms with Crippen molar-refractivity contribution >= 4 is 65.0 Å². The summed E-state index contributed by atoms with van der Waals surface area (Å²) in [6.07, 6.45) is 5.68. The van der Waals surface area contributed by atoms with Crippen molar-refractivity contribution in [3.63, 3.8) is 0 Å². The molecule has 1 unspecified atom stereocenters. The van der Waals surface area contributed by atoms with E-state index in [9.17, 15) is 53.1 Å². The first-order valence-electron chi connectivity index (χ1n) is 22.4. The zero-order valence-corrected chi connectivity index (χ0v) is 37.5. The van der Waals surface area contributed by atoms with Crippen LogP contribution in [0.4, 0.5) is 0 Å². The molecule has 64 heavy (non-hydrogen) atoms. The Hall–Kier alpha value is -5.63. The van der Waals surface area contributed by atoms with Gasteiger partial charge in [-0.1, -0.05) is 59.3 Å². The third-order valence-electron chi connectivity index (χ3n) is 12.3. The number of carbonyl (C=O) groups is 11. The van der Waals surface area contributed by atoms with Crippen LogP contribution in [0.2, 0.25) is 0 Å². The van der Waals surface area contributed by atoms with Gasteiger partial charge in [0, 0.05) is 25.8 Å². The van der Waals surface area contributed by atoms with E-state index in [0.29, 0.717) is 32.1 Å². The van der Waals surface area contributed by atoms with Crippen molar-refractivity contribution in [2.24, 2.45) is 17.8 Å². The molecule has 358 valence electrons. The summed E-state index contributed by atoms with van der Waals surface area (Å²) >= 11 is 0. The van der Waals surface area contributed by atoms with Crippen LogP contribution in [0.25, 0.3) is 0 Å². The van der Waals surface area contributed by atoms with E-state index in [-0.39, 0.29) is 30.7 Å². The Bertz CT molecular complexity index is 1730. The van der Waals surface area contributed by atoms with Gasteiger partial charge in [0.1, 0.15) is 36.8 Å². The van der Waals surface area contributed by atoms with Gasteiger partial charge in [0.15, 0.2) is 0 Å². The van der Waals surface area contributed by atoms with Crippen LogP contribution in [0, 0.1) is 17.8 Å². The third-order valence-corrected chi connectivity index (χ3v) is 12.3. The van der Waals surface area contributed by atoms with Crippen LogP contribution in [0.3, 0.4) is 0 Å². The number of likely N-dealkylation sites (tertiary alicyclic amines) is 1. The average Bonchev–Trinajstić information content (AvgIpc) is 3.65. The molecule has 1 heterocycles. The molecule has 1 aliphatic heterocycles. The average molecular weight is 906 g/mol. The Balaban J connectivity index is 1.92. The normalized spacial score (nSPS) is 20.8. The Labute approximate surface area is 373 Å². The lowest BCUT2D eigenvalue weighted by Crippen LogP contribution is -2.62.